The van der Waals surface area contributed by atoms with Crippen LogP contribution >= 0.6 is 0 Å². The van der Waals surface area contributed by atoms with Gasteiger partial charge in [-0.25, -0.2) is 8.42 Å². The minimum atomic E-state index is -3.46. The van der Waals surface area contributed by atoms with Crippen molar-refractivity contribution in [3.05, 3.63) is 24.3 Å². The summed E-state index contributed by atoms with van der Waals surface area (Å²) in [5.74, 6) is -0.162. The molecule has 1 heterocycles. The molecule has 1 aliphatic rings. The number of nitrogens with one attached hydrogen (secondary N) is 1. The van der Waals surface area contributed by atoms with Gasteiger partial charge in [-0.05, 0) is 49.9 Å². The normalized spacial score (nSPS) is 14.8. The Labute approximate surface area is 162 Å². The van der Waals surface area contributed by atoms with Gasteiger partial charge in [0, 0.05) is 52.0 Å². The maximum Gasteiger partial charge on any atom is 0.232 e. The van der Waals surface area contributed by atoms with Crippen molar-refractivity contribution in [2.45, 2.75) is 32.1 Å². The second-order valence-electron chi connectivity index (χ2n) is 6.85. The highest BCUT2D eigenvalue weighted by molar-refractivity contribution is 7.92. The summed E-state index contributed by atoms with van der Waals surface area (Å²) in [4.78, 5) is 14.3. The molecule has 152 valence electrons. The number of carbonyl (C=O) groups excluding carboxylic acids is 1. The van der Waals surface area contributed by atoms with Crippen LogP contribution in [0.3, 0.4) is 0 Å². The number of piperidine rings is 1. The molecule has 0 atom stereocenters. The summed E-state index contributed by atoms with van der Waals surface area (Å²) in [6.07, 6.45) is 5.67. The van der Waals surface area contributed by atoms with Crippen LogP contribution in [0, 0.1) is 0 Å². The molecule has 0 saturated carbocycles. The molecule has 1 saturated heterocycles. The van der Waals surface area contributed by atoms with Gasteiger partial charge in [-0.3, -0.25) is 9.10 Å². The zero-order valence-corrected chi connectivity index (χ0v) is 17.1. The number of rotatable bonds is 10. The molecule has 7 nitrogen and oxygen atoms in total. The van der Waals surface area contributed by atoms with Crippen molar-refractivity contribution in [3.63, 3.8) is 0 Å². The predicted molar refractivity (Wildman–Crippen MR) is 109 cm³/mol. The van der Waals surface area contributed by atoms with Crippen LogP contribution in [0.5, 0.6) is 0 Å². The van der Waals surface area contributed by atoms with Crippen LogP contribution in [0.1, 0.15) is 32.1 Å². The number of benzene rings is 1. The SMILES string of the molecule is COCCCNC(=O)CCN(c1ccc(N2CCCCC2)cc1)S(C)(=O)=O. The van der Waals surface area contributed by atoms with E-state index in [9.17, 15) is 13.2 Å². The van der Waals surface area contributed by atoms with Crippen LogP contribution in [0.25, 0.3) is 0 Å². The summed E-state index contributed by atoms with van der Waals surface area (Å²) in [6, 6.07) is 7.57. The van der Waals surface area contributed by atoms with E-state index < -0.39 is 10.0 Å². The molecule has 1 aromatic rings. The van der Waals surface area contributed by atoms with Gasteiger partial charge in [0.25, 0.3) is 0 Å². The first kappa shape index (κ1) is 21.5. The summed E-state index contributed by atoms with van der Waals surface area (Å²) in [7, 11) is -1.85. The standard InChI is InChI=1S/C19H31N3O4S/c1-26-16-6-12-20-19(23)11-15-22(27(2,24)25)18-9-7-17(8-10-18)21-13-4-3-5-14-21/h7-10H,3-6,11-16H2,1-2H3,(H,20,23). The maximum absolute atomic E-state index is 12.2. The second kappa shape index (κ2) is 10.5. The average Bonchev–Trinajstić information content (AvgIpc) is 2.65. The molecular formula is C19H31N3O4S. The number of ether oxygens (including phenoxy) is 1. The second-order valence-corrected chi connectivity index (χ2v) is 8.75. The van der Waals surface area contributed by atoms with E-state index in [-0.39, 0.29) is 18.9 Å². The average molecular weight is 398 g/mol. The van der Waals surface area contributed by atoms with Gasteiger partial charge in [0.1, 0.15) is 0 Å². The molecule has 0 radical (unpaired) electrons. The highest BCUT2D eigenvalue weighted by atomic mass is 32.2. The molecule has 0 bridgehead atoms. The summed E-state index contributed by atoms with van der Waals surface area (Å²) in [5, 5.41) is 2.78. The largest absolute Gasteiger partial charge is 0.385 e. The van der Waals surface area contributed by atoms with Crippen molar-refractivity contribution in [3.8, 4) is 0 Å². The quantitative estimate of drug-likeness (QED) is 0.611. The van der Waals surface area contributed by atoms with Gasteiger partial charge in [-0.2, -0.15) is 0 Å². The van der Waals surface area contributed by atoms with Crippen LogP contribution in [0.4, 0.5) is 11.4 Å². The Bertz CT molecular complexity index is 685. The molecule has 1 aromatic carbocycles. The Morgan fingerprint density at radius 1 is 1.19 bits per heavy atom. The third-order valence-electron chi connectivity index (χ3n) is 4.65. The van der Waals surface area contributed by atoms with Gasteiger partial charge >= 0.3 is 0 Å². The zero-order valence-electron chi connectivity index (χ0n) is 16.3. The molecule has 0 spiro atoms. The first-order chi connectivity index (χ1) is 12.9. The van der Waals surface area contributed by atoms with E-state index in [4.69, 9.17) is 4.74 Å². The van der Waals surface area contributed by atoms with Crippen molar-refractivity contribution >= 4 is 27.3 Å². The van der Waals surface area contributed by atoms with E-state index in [1.807, 2.05) is 24.3 Å². The lowest BCUT2D eigenvalue weighted by Crippen LogP contribution is -2.35. The van der Waals surface area contributed by atoms with Crippen molar-refractivity contribution in [2.24, 2.45) is 0 Å². The van der Waals surface area contributed by atoms with E-state index >= 15 is 0 Å². The Balaban J connectivity index is 1.96. The van der Waals surface area contributed by atoms with Crippen LogP contribution in [0.15, 0.2) is 24.3 Å². The summed E-state index contributed by atoms with van der Waals surface area (Å²) >= 11 is 0. The topological polar surface area (TPSA) is 79.0 Å². The molecule has 0 aromatic heterocycles. The molecule has 1 amide bonds. The monoisotopic (exact) mass is 397 g/mol. The number of nitrogens with zero attached hydrogens (tertiary/aromatic N) is 2. The molecular weight excluding hydrogens is 366 g/mol. The van der Waals surface area contributed by atoms with Crippen molar-refractivity contribution < 1.29 is 17.9 Å². The molecule has 27 heavy (non-hydrogen) atoms. The lowest BCUT2D eigenvalue weighted by molar-refractivity contribution is -0.120. The molecule has 1 fully saturated rings. The first-order valence-corrected chi connectivity index (χ1v) is 11.3. The fraction of sp³-hybridized carbons (Fsp3) is 0.632. The molecule has 1 N–H and O–H groups in total. The number of amides is 1. The van der Waals surface area contributed by atoms with E-state index in [0.717, 1.165) is 25.2 Å². The number of hydrogen-bond donors (Lipinski definition) is 1. The van der Waals surface area contributed by atoms with Crippen molar-refractivity contribution in [1.29, 1.82) is 0 Å². The summed E-state index contributed by atoms with van der Waals surface area (Å²) in [6.45, 7) is 3.31. The van der Waals surface area contributed by atoms with E-state index in [0.29, 0.717) is 18.8 Å². The molecule has 2 rings (SSSR count). The maximum atomic E-state index is 12.2. The number of anilines is 2. The third-order valence-corrected chi connectivity index (χ3v) is 5.84. The Hall–Kier alpha value is -1.80. The fourth-order valence-electron chi connectivity index (χ4n) is 3.20. The lowest BCUT2D eigenvalue weighted by Gasteiger charge is -2.29. The molecule has 0 unspecified atom stereocenters. The van der Waals surface area contributed by atoms with Crippen molar-refractivity contribution in [1.82, 2.24) is 5.32 Å². The van der Waals surface area contributed by atoms with E-state index in [1.165, 1.54) is 29.8 Å². The highest BCUT2D eigenvalue weighted by Crippen LogP contribution is 2.25. The van der Waals surface area contributed by atoms with Crippen LogP contribution in [-0.2, 0) is 19.6 Å². The molecule has 0 aliphatic carbocycles. The summed E-state index contributed by atoms with van der Waals surface area (Å²) < 4.78 is 30.6. The van der Waals surface area contributed by atoms with Crippen LogP contribution < -0.4 is 14.5 Å². The fourth-order valence-corrected chi connectivity index (χ4v) is 4.13. The number of hydrogen-bond acceptors (Lipinski definition) is 5. The van der Waals surface area contributed by atoms with Gasteiger partial charge in [-0.1, -0.05) is 0 Å². The number of sulfonamides is 1. The Morgan fingerprint density at radius 3 is 2.44 bits per heavy atom. The van der Waals surface area contributed by atoms with Gasteiger partial charge in [0.2, 0.25) is 15.9 Å². The Kier molecular flexibility index (Phi) is 8.37. The van der Waals surface area contributed by atoms with Crippen LogP contribution in [-0.4, -0.2) is 60.5 Å². The minimum Gasteiger partial charge on any atom is -0.385 e. The highest BCUT2D eigenvalue weighted by Gasteiger charge is 2.19. The number of carbonyl (C=O) groups is 1. The summed E-state index contributed by atoms with van der Waals surface area (Å²) in [5.41, 5.74) is 1.70. The minimum absolute atomic E-state index is 0.119. The van der Waals surface area contributed by atoms with E-state index in [1.54, 1.807) is 7.11 Å². The van der Waals surface area contributed by atoms with Gasteiger partial charge in [0.05, 0.1) is 11.9 Å². The van der Waals surface area contributed by atoms with Gasteiger partial charge in [0.15, 0.2) is 0 Å². The number of methoxy groups -OCH3 is 1. The lowest BCUT2D eigenvalue weighted by atomic mass is 10.1. The van der Waals surface area contributed by atoms with Crippen molar-refractivity contribution in [2.75, 3.05) is 55.4 Å². The third kappa shape index (κ3) is 7.03. The van der Waals surface area contributed by atoms with Gasteiger partial charge < -0.3 is 15.0 Å². The van der Waals surface area contributed by atoms with Gasteiger partial charge in [-0.15, -0.1) is 0 Å². The van der Waals surface area contributed by atoms with Crippen LogP contribution in [0.2, 0.25) is 0 Å². The van der Waals surface area contributed by atoms with E-state index in [2.05, 4.69) is 10.2 Å². The smallest absolute Gasteiger partial charge is 0.232 e. The first-order valence-electron chi connectivity index (χ1n) is 9.50. The predicted octanol–water partition coefficient (Wildman–Crippen LogP) is 1.99. The molecule has 8 heteroatoms. The Morgan fingerprint density at radius 2 is 1.85 bits per heavy atom. The zero-order chi connectivity index (χ0) is 19.7. The molecule has 1 aliphatic heterocycles.